The summed E-state index contributed by atoms with van der Waals surface area (Å²) in [6.07, 6.45) is 0. The van der Waals surface area contributed by atoms with Crippen molar-refractivity contribution in [2.24, 2.45) is 0 Å². The Balaban J connectivity index is 1.71. The van der Waals surface area contributed by atoms with Crippen LogP contribution < -0.4 is 5.32 Å². The van der Waals surface area contributed by atoms with Gasteiger partial charge < -0.3 is 5.32 Å². The standard InChI is InChI=1S/C31H29NO/c1-21-13-9-11-19-25(21)29-27(23-15-5-3-6-16-23)31(33)28(24-17-7-4-8-18-24)30(32-29)26-20-12-10-14-22(26)2/h3-20,27-30,32H,1-2H3/t27-,28+,29-,30+. The van der Waals surface area contributed by atoms with Gasteiger partial charge in [-0.15, -0.1) is 0 Å². The van der Waals surface area contributed by atoms with E-state index in [0.717, 1.165) is 11.1 Å². The van der Waals surface area contributed by atoms with Crippen LogP contribution in [0.15, 0.2) is 109 Å². The van der Waals surface area contributed by atoms with Crippen molar-refractivity contribution in [3.05, 3.63) is 143 Å². The van der Waals surface area contributed by atoms with Gasteiger partial charge >= 0.3 is 0 Å². The second-order valence-electron chi connectivity index (χ2n) is 9.01. The van der Waals surface area contributed by atoms with Crippen LogP contribution in [-0.4, -0.2) is 5.78 Å². The van der Waals surface area contributed by atoms with Gasteiger partial charge in [0.05, 0.1) is 11.8 Å². The molecule has 1 aliphatic heterocycles. The maximum atomic E-state index is 14.5. The largest absolute Gasteiger partial charge is 0.301 e. The van der Waals surface area contributed by atoms with Crippen LogP contribution in [0.2, 0.25) is 0 Å². The van der Waals surface area contributed by atoms with Gasteiger partial charge in [0.15, 0.2) is 5.78 Å². The normalized spacial score (nSPS) is 22.8. The molecule has 5 rings (SSSR count). The molecule has 1 saturated heterocycles. The minimum Gasteiger partial charge on any atom is -0.301 e. The van der Waals surface area contributed by atoms with Crippen molar-refractivity contribution in [1.29, 1.82) is 0 Å². The molecule has 2 nitrogen and oxygen atoms in total. The Morgan fingerprint density at radius 3 is 1.27 bits per heavy atom. The number of piperidine rings is 1. The lowest BCUT2D eigenvalue weighted by atomic mass is 9.69. The summed E-state index contributed by atoms with van der Waals surface area (Å²) in [6, 6.07) is 37.1. The van der Waals surface area contributed by atoms with Gasteiger partial charge in [0.2, 0.25) is 0 Å². The van der Waals surface area contributed by atoms with Crippen LogP contribution in [0.3, 0.4) is 0 Å². The maximum absolute atomic E-state index is 14.5. The summed E-state index contributed by atoms with van der Waals surface area (Å²) in [5.41, 5.74) is 6.89. The summed E-state index contributed by atoms with van der Waals surface area (Å²) >= 11 is 0. The van der Waals surface area contributed by atoms with Crippen LogP contribution in [-0.2, 0) is 4.79 Å². The van der Waals surface area contributed by atoms with Crippen molar-refractivity contribution in [2.75, 3.05) is 0 Å². The van der Waals surface area contributed by atoms with Gasteiger partial charge in [-0.05, 0) is 47.2 Å². The van der Waals surface area contributed by atoms with E-state index in [1.165, 1.54) is 22.3 Å². The van der Waals surface area contributed by atoms with Crippen molar-refractivity contribution >= 4 is 5.78 Å². The van der Waals surface area contributed by atoms with Crippen molar-refractivity contribution < 1.29 is 4.79 Å². The lowest BCUT2D eigenvalue weighted by molar-refractivity contribution is -0.125. The average molecular weight is 432 g/mol. The molecule has 1 fully saturated rings. The predicted octanol–water partition coefficient (Wildman–Crippen LogP) is 6.83. The summed E-state index contributed by atoms with van der Waals surface area (Å²) in [5, 5.41) is 3.97. The lowest BCUT2D eigenvalue weighted by Gasteiger charge is -2.43. The molecule has 1 aliphatic rings. The number of carbonyl (C=O) groups excluding carboxylic acids is 1. The van der Waals surface area contributed by atoms with Gasteiger partial charge in [0.1, 0.15) is 0 Å². The first-order valence-electron chi connectivity index (χ1n) is 11.7. The van der Waals surface area contributed by atoms with E-state index >= 15 is 0 Å². The molecule has 33 heavy (non-hydrogen) atoms. The predicted molar refractivity (Wildman–Crippen MR) is 134 cm³/mol. The van der Waals surface area contributed by atoms with Gasteiger partial charge in [-0.25, -0.2) is 0 Å². The fourth-order valence-corrected chi connectivity index (χ4v) is 5.35. The Morgan fingerprint density at radius 2 is 0.879 bits per heavy atom. The third-order valence-corrected chi connectivity index (χ3v) is 7.00. The summed E-state index contributed by atoms with van der Waals surface area (Å²) in [7, 11) is 0. The highest BCUT2D eigenvalue weighted by atomic mass is 16.1. The molecule has 4 aromatic rings. The molecule has 0 aromatic heterocycles. The zero-order valence-electron chi connectivity index (χ0n) is 19.1. The Bertz CT molecular complexity index is 1150. The topological polar surface area (TPSA) is 29.1 Å². The first kappa shape index (κ1) is 21.4. The molecule has 164 valence electrons. The summed E-state index contributed by atoms with van der Waals surface area (Å²) in [6.45, 7) is 4.27. The number of hydrogen-bond acceptors (Lipinski definition) is 2. The molecular formula is C31H29NO. The maximum Gasteiger partial charge on any atom is 0.151 e. The van der Waals surface area contributed by atoms with Crippen LogP contribution in [0.5, 0.6) is 0 Å². The summed E-state index contributed by atoms with van der Waals surface area (Å²) in [5.74, 6) is -0.261. The number of hydrogen-bond donors (Lipinski definition) is 1. The highest BCUT2D eigenvalue weighted by molar-refractivity contribution is 5.94. The van der Waals surface area contributed by atoms with Crippen LogP contribution in [0.25, 0.3) is 0 Å². The number of carbonyl (C=O) groups is 1. The third-order valence-electron chi connectivity index (χ3n) is 7.00. The van der Waals surface area contributed by atoms with E-state index in [1.54, 1.807) is 0 Å². The minimum atomic E-state index is -0.266. The van der Waals surface area contributed by atoms with E-state index in [2.05, 4.69) is 92.0 Å². The molecule has 1 N–H and O–H groups in total. The lowest BCUT2D eigenvalue weighted by Crippen LogP contribution is -2.46. The van der Waals surface area contributed by atoms with Crippen molar-refractivity contribution in [3.63, 3.8) is 0 Å². The molecule has 4 aromatic carbocycles. The second-order valence-corrected chi connectivity index (χ2v) is 9.01. The van der Waals surface area contributed by atoms with Crippen molar-refractivity contribution in [3.8, 4) is 0 Å². The van der Waals surface area contributed by atoms with E-state index in [1.807, 2.05) is 36.4 Å². The van der Waals surface area contributed by atoms with E-state index < -0.39 is 0 Å². The van der Waals surface area contributed by atoms with Crippen LogP contribution in [0, 0.1) is 13.8 Å². The summed E-state index contributed by atoms with van der Waals surface area (Å²) in [4.78, 5) is 14.5. The Hall–Kier alpha value is -3.49. The minimum absolute atomic E-state index is 0.106. The number of aryl methyl sites for hydroxylation is 2. The molecule has 0 amide bonds. The zero-order chi connectivity index (χ0) is 22.8. The number of Topliss-reactive ketones (excluding diaryl/α,β-unsaturated/α-hetero) is 1. The SMILES string of the molecule is Cc1ccccc1[C@H]1N[C@@H](c2ccccc2C)[C@H](c2ccccc2)C(=O)[C@@H]1c1ccccc1. The average Bonchev–Trinajstić information content (AvgIpc) is 2.85. The van der Waals surface area contributed by atoms with Gasteiger partial charge in [0, 0.05) is 12.1 Å². The fraction of sp³-hybridized carbons (Fsp3) is 0.194. The highest BCUT2D eigenvalue weighted by Gasteiger charge is 2.46. The fourth-order valence-electron chi connectivity index (χ4n) is 5.35. The smallest absolute Gasteiger partial charge is 0.151 e. The van der Waals surface area contributed by atoms with E-state index in [9.17, 15) is 4.79 Å². The highest BCUT2D eigenvalue weighted by Crippen LogP contribution is 2.48. The monoisotopic (exact) mass is 431 g/mol. The van der Waals surface area contributed by atoms with E-state index in [0.29, 0.717) is 0 Å². The van der Waals surface area contributed by atoms with Crippen LogP contribution in [0.1, 0.15) is 57.3 Å². The van der Waals surface area contributed by atoms with Crippen LogP contribution >= 0.6 is 0 Å². The number of benzene rings is 4. The van der Waals surface area contributed by atoms with Gasteiger partial charge in [-0.2, -0.15) is 0 Å². The molecule has 0 radical (unpaired) electrons. The van der Waals surface area contributed by atoms with Crippen molar-refractivity contribution in [2.45, 2.75) is 37.8 Å². The molecule has 0 unspecified atom stereocenters. The number of ketones is 1. The molecule has 0 bridgehead atoms. The third kappa shape index (κ3) is 4.03. The Morgan fingerprint density at radius 1 is 0.515 bits per heavy atom. The summed E-state index contributed by atoms with van der Waals surface area (Å²) < 4.78 is 0. The second kappa shape index (κ2) is 9.17. The number of rotatable bonds is 4. The molecule has 4 atom stereocenters. The first-order chi connectivity index (χ1) is 16.1. The van der Waals surface area contributed by atoms with Gasteiger partial charge in [-0.3, -0.25) is 4.79 Å². The molecule has 2 heteroatoms. The number of nitrogens with one attached hydrogen (secondary N) is 1. The zero-order valence-corrected chi connectivity index (χ0v) is 19.1. The molecular weight excluding hydrogens is 402 g/mol. The van der Waals surface area contributed by atoms with Gasteiger partial charge in [-0.1, -0.05) is 109 Å². The van der Waals surface area contributed by atoms with E-state index in [-0.39, 0.29) is 29.7 Å². The molecule has 0 spiro atoms. The Labute approximate surface area is 196 Å². The molecule has 0 aliphatic carbocycles. The van der Waals surface area contributed by atoms with E-state index in [4.69, 9.17) is 0 Å². The van der Waals surface area contributed by atoms with Gasteiger partial charge in [0.25, 0.3) is 0 Å². The molecule has 1 heterocycles. The molecule has 0 saturated carbocycles. The Kier molecular flexibility index (Phi) is 5.93. The van der Waals surface area contributed by atoms with Crippen LogP contribution in [0.4, 0.5) is 0 Å². The quantitative estimate of drug-likeness (QED) is 0.384. The van der Waals surface area contributed by atoms with Crippen molar-refractivity contribution in [1.82, 2.24) is 5.32 Å². The first-order valence-corrected chi connectivity index (χ1v) is 11.7.